The van der Waals surface area contributed by atoms with Crippen LogP contribution < -0.4 is 10.6 Å². The molecule has 1 atom stereocenters. The van der Waals surface area contributed by atoms with Crippen molar-refractivity contribution < 1.29 is 0 Å². The Kier molecular flexibility index (Phi) is 2.03. The first-order chi connectivity index (χ1) is 7.33. The second kappa shape index (κ2) is 3.39. The fourth-order valence-electron chi connectivity index (χ4n) is 1.79. The van der Waals surface area contributed by atoms with Crippen LogP contribution in [0, 0.1) is 0 Å². The van der Waals surface area contributed by atoms with Gasteiger partial charge in [-0.3, -0.25) is 0 Å². The molecule has 3 heterocycles. The van der Waals surface area contributed by atoms with Crippen LogP contribution in [0.25, 0.3) is 10.2 Å². The van der Waals surface area contributed by atoms with Gasteiger partial charge in [0.1, 0.15) is 5.52 Å². The minimum Gasteiger partial charge on any atom is -0.339 e. The van der Waals surface area contributed by atoms with Crippen LogP contribution in [0.2, 0.25) is 0 Å². The van der Waals surface area contributed by atoms with E-state index >= 15 is 0 Å². The Balaban J connectivity index is 1.97. The van der Waals surface area contributed by atoms with Gasteiger partial charge in [-0.2, -0.15) is 4.37 Å². The van der Waals surface area contributed by atoms with E-state index in [1.165, 1.54) is 11.5 Å². The smallest absolute Gasteiger partial charge is 0.226 e. The molecule has 0 aromatic carbocycles. The van der Waals surface area contributed by atoms with Crippen molar-refractivity contribution in [3.8, 4) is 0 Å². The second-order valence-electron chi connectivity index (χ2n) is 3.74. The Morgan fingerprint density at radius 3 is 3.20 bits per heavy atom. The molecule has 1 saturated heterocycles. The summed E-state index contributed by atoms with van der Waals surface area (Å²) in [7, 11) is 0. The maximum absolute atomic E-state index is 5.85. The number of nitrogens with zero attached hydrogens (tertiary/aromatic N) is 4. The molecule has 0 aliphatic carbocycles. The molecule has 15 heavy (non-hydrogen) atoms. The van der Waals surface area contributed by atoms with Crippen molar-refractivity contribution in [2.75, 3.05) is 18.0 Å². The molecule has 1 unspecified atom stereocenters. The molecule has 0 bridgehead atoms. The van der Waals surface area contributed by atoms with E-state index in [-0.39, 0.29) is 6.04 Å². The van der Waals surface area contributed by atoms with Gasteiger partial charge in [0.25, 0.3) is 0 Å². The third-order valence-corrected chi connectivity index (χ3v) is 3.33. The highest BCUT2D eigenvalue weighted by atomic mass is 32.1. The van der Waals surface area contributed by atoms with Crippen molar-refractivity contribution in [2.45, 2.75) is 12.5 Å². The fraction of sp³-hybridized carbons (Fsp3) is 0.444. The molecule has 3 rings (SSSR count). The Bertz CT molecular complexity index is 482. The van der Waals surface area contributed by atoms with Crippen molar-refractivity contribution in [3.05, 3.63) is 12.4 Å². The number of rotatable bonds is 1. The van der Waals surface area contributed by atoms with Crippen molar-refractivity contribution in [1.29, 1.82) is 0 Å². The number of hydrogen-bond acceptors (Lipinski definition) is 6. The lowest BCUT2D eigenvalue weighted by Gasteiger charge is -2.14. The number of nitrogens with two attached hydrogens (primary N) is 1. The third kappa shape index (κ3) is 1.55. The zero-order chi connectivity index (χ0) is 10.3. The number of fused-ring (bicyclic) bond motifs is 1. The Morgan fingerprint density at radius 1 is 1.47 bits per heavy atom. The lowest BCUT2D eigenvalue weighted by Crippen LogP contribution is -2.27. The molecule has 0 spiro atoms. The van der Waals surface area contributed by atoms with Gasteiger partial charge in [0.2, 0.25) is 5.95 Å². The summed E-state index contributed by atoms with van der Waals surface area (Å²) in [4.78, 5) is 10.9. The van der Waals surface area contributed by atoms with Crippen LogP contribution in [-0.4, -0.2) is 33.5 Å². The van der Waals surface area contributed by atoms with Crippen LogP contribution in [0.1, 0.15) is 6.42 Å². The largest absolute Gasteiger partial charge is 0.339 e. The molecule has 1 fully saturated rings. The topological polar surface area (TPSA) is 67.9 Å². The SMILES string of the molecule is NC1CCN(c2ncc3sncc3n2)C1. The van der Waals surface area contributed by atoms with Gasteiger partial charge >= 0.3 is 0 Å². The number of hydrogen-bond donors (Lipinski definition) is 1. The summed E-state index contributed by atoms with van der Waals surface area (Å²) in [6.07, 6.45) is 4.63. The minimum atomic E-state index is 0.255. The maximum Gasteiger partial charge on any atom is 0.226 e. The number of aromatic nitrogens is 3. The van der Waals surface area contributed by atoms with Gasteiger partial charge in [0.05, 0.1) is 17.1 Å². The van der Waals surface area contributed by atoms with Crippen LogP contribution >= 0.6 is 11.5 Å². The molecule has 78 valence electrons. The highest BCUT2D eigenvalue weighted by Crippen LogP contribution is 2.20. The first kappa shape index (κ1) is 8.99. The van der Waals surface area contributed by atoms with Crippen molar-refractivity contribution in [3.63, 3.8) is 0 Å². The summed E-state index contributed by atoms with van der Waals surface area (Å²) in [6, 6.07) is 0.255. The predicted octanol–water partition coefficient (Wildman–Crippen LogP) is 0.624. The lowest BCUT2D eigenvalue weighted by molar-refractivity contribution is 0.750. The van der Waals surface area contributed by atoms with E-state index in [4.69, 9.17) is 5.73 Å². The van der Waals surface area contributed by atoms with Gasteiger partial charge < -0.3 is 10.6 Å². The summed E-state index contributed by atoms with van der Waals surface area (Å²) in [5, 5.41) is 0. The van der Waals surface area contributed by atoms with Gasteiger partial charge in [-0.1, -0.05) is 0 Å². The molecule has 2 N–H and O–H groups in total. The van der Waals surface area contributed by atoms with Crippen LogP contribution in [-0.2, 0) is 0 Å². The Labute approximate surface area is 91.1 Å². The van der Waals surface area contributed by atoms with Gasteiger partial charge in [-0.05, 0) is 18.0 Å². The van der Waals surface area contributed by atoms with Gasteiger partial charge in [0.15, 0.2) is 0 Å². The highest BCUT2D eigenvalue weighted by molar-refractivity contribution is 7.13. The van der Waals surface area contributed by atoms with E-state index in [9.17, 15) is 0 Å². The van der Waals surface area contributed by atoms with Crippen molar-refractivity contribution in [2.24, 2.45) is 5.73 Å². The maximum atomic E-state index is 5.85. The van der Waals surface area contributed by atoms with Gasteiger partial charge in [-0.25, -0.2) is 9.97 Å². The van der Waals surface area contributed by atoms with Gasteiger partial charge in [0, 0.05) is 19.1 Å². The standard InChI is InChI=1S/C9H11N5S/c10-6-1-2-14(5-6)9-11-4-8-7(13-9)3-12-15-8/h3-4,6H,1-2,5,10H2. The van der Waals surface area contributed by atoms with Crippen molar-refractivity contribution >= 4 is 27.7 Å². The van der Waals surface area contributed by atoms with E-state index < -0.39 is 0 Å². The molecule has 0 saturated carbocycles. The van der Waals surface area contributed by atoms with E-state index in [1.807, 2.05) is 6.20 Å². The zero-order valence-corrected chi connectivity index (χ0v) is 8.94. The predicted molar refractivity (Wildman–Crippen MR) is 60.0 cm³/mol. The minimum absolute atomic E-state index is 0.255. The normalized spacial score (nSPS) is 21.4. The van der Waals surface area contributed by atoms with Crippen LogP contribution in [0.4, 0.5) is 5.95 Å². The lowest BCUT2D eigenvalue weighted by atomic mass is 10.3. The zero-order valence-electron chi connectivity index (χ0n) is 8.13. The molecular formula is C9H11N5S. The van der Waals surface area contributed by atoms with E-state index in [0.717, 1.165) is 35.7 Å². The first-order valence-corrected chi connectivity index (χ1v) is 5.68. The summed E-state index contributed by atoms with van der Waals surface area (Å²) in [6.45, 7) is 1.80. The molecule has 1 aliphatic rings. The molecule has 6 heteroatoms. The van der Waals surface area contributed by atoms with Crippen molar-refractivity contribution in [1.82, 2.24) is 14.3 Å². The molecule has 5 nitrogen and oxygen atoms in total. The van der Waals surface area contributed by atoms with Crippen LogP contribution in [0.5, 0.6) is 0 Å². The third-order valence-electron chi connectivity index (χ3n) is 2.60. The quantitative estimate of drug-likeness (QED) is 0.764. The molecule has 2 aromatic rings. The van der Waals surface area contributed by atoms with Gasteiger partial charge in [-0.15, -0.1) is 0 Å². The molecule has 0 amide bonds. The number of anilines is 1. The Morgan fingerprint density at radius 2 is 2.40 bits per heavy atom. The average Bonchev–Trinajstić information content (AvgIpc) is 2.84. The summed E-state index contributed by atoms with van der Waals surface area (Å²) in [5.41, 5.74) is 6.77. The second-order valence-corrected chi connectivity index (χ2v) is 4.57. The highest BCUT2D eigenvalue weighted by Gasteiger charge is 2.21. The van der Waals surface area contributed by atoms with Crippen LogP contribution in [0.15, 0.2) is 12.4 Å². The fourth-order valence-corrected chi connectivity index (χ4v) is 2.35. The first-order valence-electron chi connectivity index (χ1n) is 4.91. The van der Waals surface area contributed by atoms with E-state index in [1.54, 1.807) is 6.20 Å². The van der Waals surface area contributed by atoms with Crippen LogP contribution in [0.3, 0.4) is 0 Å². The molecule has 0 radical (unpaired) electrons. The Hall–Kier alpha value is -1.27. The molecule has 2 aromatic heterocycles. The summed E-state index contributed by atoms with van der Waals surface area (Å²) >= 11 is 1.42. The monoisotopic (exact) mass is 221 g/mol. The van der Waals surface area contributed by atoms with E-state index in [2.05, 4.69) is 19.2 Å². The average molecular weight is 221 g/mol. The molecule has 1 aliphatic heterocycles. The molecular weight excluding hydrogens is 210 g/mol. The summed E-state index contributed by atoms with van der Waals surface area (Å²) < 4.78 is 5.11. The van der Waals surface area contributed by atoms with E-state index in [0.29, 0.717) is 0 Å². The summed E-state index contributed by atoms with van der Waals surface area (Å²) in [5.74, 6) is 0.774.